The fraction of sp³-hybridized carbons (Fsp3) is 0.391. The molecule has 2 amide bonds. The Kier molecular flexibility index (Phi) is 5.66. The number of carbonyl (C=O) groups is 2. The summed E-state index contributed by atoms with van der Waals surface area (Å²) in [5.74, 6) is 5.74. The summed E-state index contributed by atoms with van der Waals surface area (Å²) < 4.78 is 0. The topological polar surface area (TPSA) is 91.0 Å². The van der Waals surface area contributed by atoms with Gasteiger partial charge in [0.25, 0.3) is 5.91 Å². The lowest BCUT2D eigenvalue weighted by atomic mass is 10.00. The van der Waals surface area contributed by atoms with Crippen LogP contribution in [0.4, 0.5) is 5.82 Å². The van der Waals surface area contributed by atoms with Crippen molar-refractivity contribution in [3.63, 3.8) is 0 Å². The maximum atomic E-state index is 12.6. The molecule has 30 heavy (non-hydrogen) atoms. The molecule has 0 radical (unpaired) electrons. The molecule has 1 aliphatic heterocycles. The highest BCUT2D eigenvalue weighted by atomic mass is 16.2. The first kappa shape index (κ1) is 19.9. The summed E-state index contributed by atoms with van der Waals surface area (Å²) >= 11 is 0. The van der Waals surface area contributed by atoms with Crippen LogP contribution in [0.15, 0.2) is 30.5 Å². The maximum Gasteiger partial charge on any atom is 0.298 e. The fourth-order valence-corrected chi connectivity index (χ4v) is 3.53. The van der Waals surface area contributed by atoms with E-state index in [1.165, 1.54) is 12.8 Å². The van der Waals surface area contributed by atoms with E-state index in [9.17, 15) is 9.59 Å². The van der Waals surface area contributed by atoms with Gasteiger partial charge in [-0.15, -0.1) is 0 Å². The summed E-state index contributed by atoms with van der Waals surface area (Å²) in [5.41, 5.74) is 3.73. The number of aromatic amines is 1. The van der Waals surface area contributed by atoms with E-state index in [4.69, 9.17) is 0 Å². The van der Waals surface area contributed by atoms with Crippen LogP contribution in [0, 0.1) is 11.8 Å². The molecule has 2 N–H and O–H groups in total. The highest BCUT2D eigenvalue weighted by molar-refractivity contribution is 5.95. The van der Waals surface area contributed by atoms with Crippen LogP contribution in [0.5, 0.6) is 0 Å². The lowest BCUT2D eigenvalue weighted by Gasteiger charge is -2.25. The highest BCUT2D eigenvalue weighted by Gasteiger charge is 2.26. The molecule has 2 aromatic rings. The molecule has 154 valence electrons. The molecule has 4 rings (SSSR count). The summed E-state index contributed by atoms with van der Waals surface area (Å²) in [5, 5.41) is 10.1. The number of H-pyrrole nitrogens is 1. The van der Waals surface area contributed by atoms with Crippen LogP contribution in [0.2, 0.25) is 0 Å². The normalized spacial score (nSPS) is 16.9. The minimum atomic E-state index is -0.356. The molecule has 2 aromatic heterocycles. The van der Waals surface area contributed by atoms with Crippen molar-refractivity contribution in [3.8, 4) is 11.8 Å². The van der Waals surface area contributed by atoms with Crippen molar-refractivity contribution in [1.82, 2.24) is 20.1 Å². The Bertz CT molecular complexity index is 1040. The number of aromatic nitrogens is 3. The Morgan fingerprint density at radius 1 is 1.33 bits per heavy atom. The number of pyridine rings is 1. The van der Waals surface area contributed by atoms with E-state index < -0.39 is 0 Å². The van der Waals surface area contributed by atoms with E-state index in [0.717, 1.165) is 28.9 Å². The molecule has 1 aliphatic carbocycles. The second-order valence-corrected chi connectivity index (χ2v) is 7.79. The van der Waals surface area contributed by atoms with E-state index in [2.05, 4.69) is 38.4 Å². The summed E-state index contributed by atoms with van der Waals surface area (Å²) in [6, 6.07) is 5.74. The van der Waals surface area contributed by atoms with Gasteiger partial charge < -0.3 is 10.2 Å². The van der Waals surface area contributed by atoms with Crippen molar-refractivity contribution in [1.29, 1.82) is 0 Å². The van der Waals surface area contributed by atoms with Gasteiger partial charge in [-0.25, -0.2) is 0 Å². The molecule has 7 nitrogen and oxygen atoms in total. The fourth-order valence-electron chi connectivity index (χ4n) is 3.53. The number of anilines is 1. The number of nitrogens with zero attached hydrogens (tertiary/aromatic N) is 3. The third-order valence-corrected chi connectivity index (χ3v) is 5.54. The van der Waals surface area contributed by atoms with Gasteiger partial charge in [-0.3, -0.25) is 19.7 Å². The molecule has 1 unspecified atom stereocenters. The predicted molar refractivity (Wildman–Crippen MR) is 114 cm³/mol. The van der Waals surface area contributed by atoms with Crippen LogP contribution < -0.4 is 5.32 Å². The zero-order valence-corrected chi connectivity index (χ0v) is 17.2. The zero-order chi connectivity index (χ0) is 21.1. The Morgan fingerprint density at radius 2 is 2.17 bits per heavy atom. The van der Waals surface area contributed by atoms with E-state index in [0.29, 0.717) is 24.8 Å². The number of nitrogens with one attached hydrogen (secondary N) is 2. The minimum Gasteiger partial charge on any atom is -0.327 e. The molecule has 0 bridgehead atoms. The first-order valence-corrected chi connectivity index (χ1v) is 10.3. The van der Waals surface area contributed by atoms with Crippen molar-refractivity contribution in [2.45, 2.75) is 44.9 Å². The van der Waals surface area contributed by atoms with Crippen LogP contribution >= 0.6 is 0 Å². The monoisotopic (exact) mass is 403 g/mol. The van der Waals surface area contributed by atoms with Gasteiger partial charge in [0.15, 0.2) is 5.82 Å². The summed E-state index contributed by atoms with van der Waals surface area (Å²) in [4.78, 5) is 30.9. The van der Waals surface area contributed by atoms with Gasteiger partial charge in [0.2, 0.25) is 5.91 Å². The Morgan fingerprint density at radius 3 is 2.87 bits per heavy atom. The lowest BCUT2D eigenvalue weighted by molar-refractivity contribution is -0.124. The van der Waals surface area contributed by atoms with Gasteiger partial charge in [-0.1, -0.05) is 18.1 Å². The molecule has 1 fully saturated rings. The van der Waals surface area contributed by atoms with Crippen LogP contribution in [-0.4, -0.2) is 45.0 Å². The molecule has 0 aromatic carbocycles. The smallest absolute Gasteiger partial charge is 0.298 e. The number of hydrogen-bond acceptors (Lipinski definition) is 4. The number of hydrogen-bond donors (Lipinski definition) is 2. The van der Waals surface area contributed by atoms with Gasteiger partial charge in [0.05, 0.1) is 11.6 Å². The number of rotatable bonds is 5. The van der Waals surface area contributed by atoms with Crippen LogP contribution in [-0.2, 0) is 9.59 Å². The predicted octanol–water partition coefficient (Wildman–Crippen LogP) is 3.06. The van der Waals surface area contributed by atoms with Crippen LogP contribution in [0.3, 0.4) is 0 Å². The van der Waals surface area contributed by atoms with E-state index >= 15 is 0 Å². The third-order valence-electron chi connectivity index (χ3n) is 5.54. The van der Waals surface area contributed by atoms with Gasteiger partial charge >= 0.3 is 0 Å². The van der Waals surface area contributed by atoms with Gasteiger partial charge in [-0.05, 0) is 56.2 Å². The van der Waals surface area contributed by atoms with Gasteiger partial charge in [-0.2, -0.15) is 5.10 Å². The Labute approximate surface area is 176 Å². The average molecular weight is 403 g/mol. The quantitative estimate of drug-likeness (QED) is 0.751. The summed E-state index contributed by atoms with van der Waals surface area (Å²) in [6.07, 6.45) is 6.97. The average Bonchev–Trinajstić information content (AvgIpc) is 3.52. The molecular weight excluding hydrogens is 378 g/mol. The van der Waals surface area contributed by atoms with Gasteiger partial charge in [0.1, 0.15) is 0 Å². The largest absolute Gasteiger partial charge is 0.327 e. The summed E-state index contributed by atoms with van der Waals surface area (Å²) in [6.45, 7) is 4.68. The van der Waals surface area contributed by atoms with Crippen molar-refractivity contribution >= 4 is 23.2 Å². The minimum absolute atomic E-state index is 0.120. The summed E-state index contributed by atoms with van der Waals surface area (Å²) in [7, 11) is 0. The van der Waals surface area contributed by atoms with E-state index in [-0.39, 0.29) is 17.7 Å². The molecule has 1 saturated carbocycles. The maximum absolute atomic E-state index is 12.6. The third kappa shape index (κ3) is 4.43. The van der Waals surface area contributed by atoms with Gasteiger partial charge in [0, 0.05) is 37.0 Å². The first-order chi connectivity index (χ1) is 14.5. The molecule has 0 saturated heterocycles. The Balaban J connectivity index is 1.39. The van der Waals surface area contributed by atoms with Crippen LogP contribution in [0.1, 0.15) is 61.9 Å². The van der Waals surface area contributed by atoms with Crippen molar-refractivity contribution in [2.24, 2.45) is 0 Å². The van der Waals surface area contributed by atoms with E-state index in [1.54, 1.807) is 18.0 Å². The second-order valence-electron chi connectivity index (χ2n) is 7.79. The van der Waals surface area contributed by atoms with E-state index in [1.807, 2.05) is 25.1 Å². The number of carbonyl (C=O) groups excluding carboxylic acids is 2. The standard InChI is InChI=1S/C23H25N5O2/c1-3-5-22(29)28-11-4-6-18(14-28)19-10-9-17(13-24-19)15(2)23(30)25-21-12-20(26-27-21)16-7-8-16/h6,9-10,12-13,15-16H,4,7-8,11,14H2,1-2H3,(H2,25,26,27,30). The highest BCUT2D eigenvalue weighted by Crippen LogP contribution is 2.39. The van der Waals surface area contributed by atoms with Crippen molar-refractivity contribution in [2.75, 3.05) is 18.4 Å². The molecular formula is C23H25N5O2. The number of amides is 2. The zero-order valence-electron chi connectivity index (χ0n) is 17.2. The first-order valence-electron chi connectivity index (χ1n) is 10.3. The Hall–Kier alpha value is -3.40. The second kappa shape index (κ2) is 8.54. The SMILES string of the molecule is CC#CC(=O)N1CCC=C(c2ccc(C(C)C(=O)Nc3cc(C4CC4)[nH]n3)cn2)C1. The van der Waals surface area contributed by atoms with Crippen molar-refractivity contribution < 1.29 is 9.59 Å². The molecule has 0 spiro atoms. The molecule has 7 heteroatoms. The van der Waals surface area contributed by atoms with Crippen molar-refractivity contribution in [3.05, 3.63) is 47.4 Å². The lowest BCUT2D eigenvalue weighted by Crippen LogP contribution is -2.34. The molecule has 1 atom stereocenters. The molecule has 2 aliphatic rings. The molecule has 3 heterocycles. The van der Waals surface area contributed by atoms with Crippen LogP contribution in [0.25, 0.3) is 5.57 Å².